The number of aromatic amines is 1. The maximum absolute atomic E-state index is 12.8. The first kappa shape index (κ1) is 21.1. The lowest BCUT2D eigenvalue weighted by molar-refractivity contribution is 0.102. The van der Waals surface area contributed by atoms with Crippen molar-refractivity contribution >= 4 is 11.6 Å². The number of hydrogen-bond donors (Lipinski definition) is 2. The van der Waals surface area contributed by atoms with E-state index in [1.807, 2.05) is 24.3 Å². The largest absolute Gasteiger partial charge is 0.495 e. The number of amides is 1. The molecular weight excluding hydrogens is 390 g/mol. The number of likely N-dealkylation sites (tertiary alicyclic amines) is 1. The molecule has 2 N–H and O–H groups in total. The molecule has 0 aliphatic carbocycles. The van der Waals surface area contributed by atoms with Crippen LogP contribution in [-0.2, 0) is 0 Å². The van der Waals surface area contributed by atoms with E-state index in [9.17, 15) is 4.79 Å². The molecule has 1 aliphatic rings. The predicted octanol–water partition coefficient (Wildman–Crippen LogP) is 4.32. The van der Waals surface area contributed by atoms with Gasteiger partial charge in [-0.1, -0.05) is 12.1 Å². The standard InChI is InChI=1S/C24H29N5O2/c1-16(2)29-13-10-17(11-14-29)18-7-8-21(23(15-18)31-3)27-24(30)22-6-4-5-19(26-22)20-9-12-25-28-20/h4-9,12,15-17H,10-11,13-14H2,1-3H3,(H,25,28)(H,27,30). The van der Waals surface area contributed by atoms with Crippen LogP contribution in [-0.4, -0.2) is 52.2 Å². The smallest absolute Gasteiger partial charge is 0.274 e. The molecule has 31 heavy (non-hydrogen) atoms. The number of rotatable bonds is 6. The molecule has 0 atom stereocenters. The molecule has 1 fully saturated rings. The Balaban J connectivity index is 1.48. The fourth-order valence-corrected chi connectivity index (χ4v) is 4.11. The van der Waals surface area contributed by atoms with E-state index in [1.165, 1.54) is 5.56 Å². The van der Waals surface area contributed by atoms with E-state index in [2.05, 4.69) is 51.4 Å². The summed E-state index contributed by atoms with van der Waals surface area (Å²) in [6, 6.07) is 13.8. The number of anilines is 1. The number of carbonyl (C=O) groups is 1. The summed E-state index contributed by atoms with van der Waals surface area (Å²) in [5.41, 5.74) is 3.67. The van der Waals surface area contributed by atoms with Gasteiger partial charge in [0.15, 0.2) is 0 Å². The van der Waals surface area contributed by atoms with Gasteiger partial charge in [0.2, 0.25) is 0 Å². The van der Waals surface area contributed by atoms with E-state index >= 15 is 0 Å². The number of carbonyl (C=O) groups excluding carboxylic acids is 1. The lowest BCUT2D eigenvalue weighted by Gasteiger charge is -2.35. The number of nitrogens with zero attached hydrogens (tertiary/aromatic N) is 3. The maximum Gasteiger partial charge on any atom is 0.274 e. The highest BCUT2D eigenvalue weighted by Crippen LogP contribution is 2.34. The minimum absolute atomic E-state index is 0.280. The monoisotopic (exact) mass is 419 g/mol. The van der Waals surface area contributed by atoms with Crippen molar-refractivity contribution in [2.24, 2.45) is 0 Å². The zero-order valence-electron chi connectivity index (χ0n) is 18.3. The molecule has 162 valence electrons. The van der Waals surface area contributed by atoms with Gasteiger partial charge >= 0.3 is 0 Å². The van der Waals surface area contributed by atoms with Crippen LogP contribution in [0.5, 0.6) is 5.75 Å². The Hall–Kier alpha value is -3.19. The summed E-state index contributed by atoms with van der Waals surface area (Å²) in [5.74, 6) is 0.904. The minimum Gasteiger partial charge on any atom is -0.495 e. The van der Waals surface area contributed by atoms with E-state index in [1.54, 1.807) is 19.4 Å². The number of methoxy groups -OCH3 is 1. The number of piperidine rings is 1. The van der Waals surface area contributed by atoms with Crippen LogP contribution in [0.4, 0.5) is 5.69 Å². The van der Waals surface area contributed by atoms with Gasteiger partial charge in [-0.25, -0.2) is 4.98 Å². The Bertz CT molecular complexity index is 1020. The highest BCUT2D eigenvalue weighted by atomic mass is 16.5. The van der Waals surface area contributed by atoms with Crippen molar-refractivity contribution in [1.29, 1.82) is 0 Å². The maximum atomic E-state index is 12.8. The van der Waals surface area contributed by atoms with Gasteiger partial charge in [0.25, 0.3) is 5.91 Å². The lowest BCUT2D eigenvalue weighted by atomic mass is 9.88. The number of hydrogen-bond acceptors (Lipinski definition) is 5. The number of pyridine rings is 1. The first-order valence-electron chi connectivity index (χ1n) is 10.8. The zero-order valence-corrected chi connectivity index (χ0v) is 18.3. The second kappa shape index (κ2) is 9.31. The van der Waals surface area contributed by atoms with Gasteiger partial charge in [-0.05, 0) is 81.6 Å². The van der Waals surface area contributed by atoms with Crippen molar-refractivity contribution in [3.05, 3.63) is 59.9 Å². The number of aromatic nitrogens is 3. The van der Waals surface area contributed by atoms with E-state index < -0.39 is 0 Å². The van der Waals surface area contributed by atoms with Gasteiger partial charge in [0.1, 0.15) is 11.4 Å². The number of H-pyrrole nitrogens is 1. The molecule has 0 spiro atoms. The van der Waals surface area contributed by atoms with Crippen LogP contribution in [0.1, 0.15) is 48.7 Å². The summed E-state index contributed by atoms with van der Waals surface area (Å²) < 4.78 is 5.60. The Morgan fingerprint density at radius 1 is 1.19 bits per heavy atom. The zero-order chi connectivity index (χ0) is 21.8. The van der Waals surface area contributed by atoms with Crippen LogP contribution in [0.2, 0.25) is 0 Å². The molecule has 2 aromatic heterocycles. The minimum atomic E-state index is -0.280. The normalized spacial score (nSPS) is 15.2. The van der Waals surface area contributed by atoms with E-state index in [4.69, 9.17) is 4.74 Å². The van der Waals surface area contributed by atoms with Crippen molar-refractivity contribution in [3.8, 4) is 17.1 Å². The summed E-state index contributed by atoms with van der Waals surface area (Å²) in [4.78, 5) is 19.8. The van der Waals surface area contributed by atoms with Crippen LogP contribution in [0.15, 0.2) is 48.7 Å². The van der Waals surface area contributed by atoms with Crippen LogP contribution in [0.3, 0.4) is 0 Å². The number of nitrogens with one attached hydrogen (secondary N) is 2. The van der Waals surface area contributed by atoms with Crippen LogP contribution in [0.25, 0.3) is 11.4 Å². The summed E-state index contributed by atoms with van der Waals surface area (Å²) in [6.45, 7) is 6.73. The van der Waals surface area contributed by atoms with Gasteiger partial charge in [-0.3, -0.25) is 9.89 Å². The Morgan fingerprint density at radius 3 is 2.68 bits per heavy atom. The molecule has 0 unspecified atom stereocenters. The van der Waals surface area contributed by atoms with E-state index in [-0.39, 0.29) is 5.91 Å². The molecule has 1 amide bonds. The average Bonchev–Trinajstić information content (AvgIpc) is 3.34. The van der Waals surface area contributed by atoms with Crippen LogP contribution >= 0.6 is 0 Å². The lowest BCUT2D eigenvalue weighted by Crippen LogP contribution is -2.37. The molecule has 0 bridgehead atoms. The molecular formula is C24H29N5O2. The number of benzene rings is 1. The second-order valence-corrected chi connectivity index (χ2v) is 8.20. The SMILES string of the molecule is COc1cc(C2CCN(C(C)C)CC2)ccc1NC(=O)c1cccc(-c2ccn[nH]2)n1. The predicted molar refractivity (Wildman–Crippen MR) is 121 cm³/mol. The van der Waals surface area contributed by atoms with Crippen molar-refractivity contribution in [3.63, 3.8) is 0 Å². The van der Waals surface area contributed by atoms with Crippen molar-refractivity contribution in [2.45, 2.75) is 38.6 Å². The third kappa shape index (κ3) is 4.77. The van der Waals surface area contributed by atoms with Crippen LogP contribution < -0.4 is 10.1 Å². The molecule has 0 radical (unpaired) electrons. The quantitative estimate of drug-likeness (QED) is 0.622. The third-order valence-electron chi connectivity index (χ3n) is 5.96. The average molecular weight is 420 g/mol. The molecule has 1 aromatic carbocycles. The van der Waals surface area contributed by atoms with Crippen molar-refractivity contribution in [2.75, 3.05) is 25.5 Å². The van der Waals surface area contributed by atoms with Crippen LogP contribution in [0, 0.1) is 0 Å². The molecule has 1 aliphatic heterocycles. The van der Waals surface area contributed by atoms with Gasteiger partial charge in [-0.15, -0.1) is 0 Å². The third-order valence-corrected chi connectivity index (χ3v) is 5.96. The van der Waals surface area contributed by atoms with E-state index in [0.29, 0.717) is 34.8 Å². The summed E-state index contributed by atoms with van der Waals surface area (Å²) in [7, 11) is 1.63. The first-order chi connectivity index (χ1) is 15.0. The molecule has 7 heteroatoms. The van der Waals surface area contributed by atoms with Crippen molar-refractivity contribution < 1.29 is 9.53 Å². The topological polar surface area (TPSA) is 83.1 Å². The van der Waals surface area contributed by atoms with Gasteiger partial charge < -0.3 is 15.0 Å². The fraction of sp³-hybridized carbons (Fsp3) is 0.375. The summed E-state index contributed by atoms with van der Waals surface area (Å²) in [6.07, 6.45) is 3.93. The van der Waals surface area contributed by atoms with Gasteiger partial charge in [0, 0.05) is 12.2 Å². The molecule has 1 saturated heterocycles. The van der Waals surface area contributed by atoms with Gasteiger partial charge in [0.05, 0.1) is 24.2 Å². The Morgan fingerprint density at radius 2 is 2.00 bits per heavy atom. The Labute approximate surface area is 182 Å². The molecule has 3 heterocycles. The second-order valence-electron chi connectivity index (χ2n) is 8.20. The first-order valence-corrected chi connectivity index (χ1v) is 10.8. The number of ether oxygens (including phenoxy) is 1. The molecule has 4 rings (SSSR count). The molecule has 0 saturated carbocycles. The highest BCUT2D eigenvalue weighted by Gasteiger charge is 2.23. The molecule has 3 aromatic rings. The summed E-state index contributed by atoms with van der Waals surface area (Å²) in [5, 5.41) is 9.75. The highest BCUT2D eigenvalue weighted by molar-refractivity contribution is 6.04. The fourth-order valence-electron chi connectivity index (χ4n) is 4.11. The summed E-state index contributed by atoms with van der Waals surface area (Å²) >= 11 is 0. The molecule has 7 nitrogen and oxygen atoms in total. The van der Waals surface area contributed by atoms with Crippen molar-refractivity contribution in [1.82, 2.24) is 20.1 Å². The Kier molecular flexibility index (Phi) is 6.32. The van der Waals surface area contributed by atoms with Gasteiger partial charge in [-0.2, -0.15) is 5.10 Å². The van der Waals surface area contributed by atoms with E-state index in [0.717, 1.165) is 31.6 Å².